The average Bonchev–Trinajstić information content (AvgIpc) is 2.39. The van der Waals surface area contributed by atoms with E-state index in [2.05, 4.69) is 26.1 Å². The van der Waals surface area contributed by atoms with Crippen molar-refractivity contribution in [2.24, 2.45) is 5.41 Å². The number of hydrogen-bond donors (Lipinski definition) is 1. The summed E-state index contributed by atoms with van der Waals surface area (Å²) in [7, 11) is 0. The number of alkyl halides is 2. The summed E-state index contributed by atoms with van der Waals surface area (Å²) >= 11 is 0. The Hall–Kier alpha value is -0.960. The molecule has 0 amide bonds. The van der Waals surface area contributed by atoms with Crippen LogP contribution in [-0.4, -0.2) is 13.1 Å². The van der Waals surface area contributed by atoms with Gasteiger partial charge in [0.25, 0.3) is 5.92 Å². The minimum atomic E-state index is -2.80. The number of nitrogens with one attached hydrogen (secondary N) is 1. The van der Waals surface area contributed by atoms with Crippen LogP contribution >= 0.6 is 0 Å². The maximum Gasteiger partial charge on any atom is 0.285 e. The SMILES string of the molecule is CCCCCC(C)(C)CNCC(F)(F)c1ccccc1. The van der Waals surface area contributed by atoms with E-state index in [1.54, 1.807) is 18.2 Å². The minimum Gasteiger partial charge on any atom is -0.310 e. The lowest BCUT2D eigenvalue weighted by Gasteiger charge is -2.26. The Morgan fingerprint density at radius 2 is 1.65 bits per heavy atom. The summed E-state index contributed by atoms with van der Waals surface area (Å²) < 4.78 is 28.0. The topological polar surface area (TPSA) is 12.0 Å². The Morgan fingerprint density at radius 3 is 2.25 bits per heavy atom. The van der Waals surface area contributed by atoms with Crippen LogP contribution in [0.1, 0.15) is 52.0 Å². The zero-order chi connectivity index (χ0) is 15.1. The largest absolute Gasteiger partial charge is 0.310 e. The fraction of sp³-hybridized carbons (Fsp3) is 0.647. The van der Waals surface area contributed by atoms with Crippen LogP contribution in [0.3, 0.4) is 0 Å². The van der Waals surface area contributed by atoms with Crippen molar-refractivity contribution in [1.82, 2.24) is 5.32 Å². The molecule has 20 heavy (non-hydrogen) atoms. The van der Waals surface area contributed by atoms with Crippen LogP contribution in [0.5, 0.6) is 0 Å². The molecule has 1 rings (SSSR count). The van der Waals surface area contributed by atoms with E-state index in [1.165, 1.54) is 31.4 Å². The van der Waals surface area contributed by atoms with Gasteiger partial charge in [0, 0.05) is 12.1 Å². The summed E-state index contributed by atoms with van der Waals surface area (Å²) in [5, 5.41) is 2.94. The third-order valence-corrected chi connectivity index (χ3v) is 3.60. The third-order valence-electron chi connectivity index (χ3n) is 3.60. The van der Waals surface area contributed by atoms with Crippen molar-refractivity contribution in [3.63, 3.8) is 0 Å². The number of hydrogen-bond acceptors (Lipinski definition) is 1. The Kier molecular flexibility index (Phi) is 6.60. The molecule has 0 aromatic heterocycles. The van der Waals surface area contributed by atoms with E-state index in [9.17, 15) is 8.78 Å². The van der Waals surface area contributed by atoms with Crippen LogP contribution < -0.4 is 5.32 Å². The molecule has 0 atom stereocenters. The molecular formula is C17H27F2N. The van der Waals surface area contributed by atoms with E-state index in [0.29, 0.717) is 6.54 Å². The summed E-state index contributed by atoms with van der Waals surface area (Å²) in [6.45, 7) is 6.77. The van der Waals surface area contributed by atoms with Gasteiger partial charge in [0.2, 0.25) is 0 Å². The van der Waals surface area contributed by atoms with Crippen LogP contribution in [0.4, 0.5) is 8.78 Å². The first-order chi connectivity index (χ1) is 9.37. The molecule has 0 aliphatic carbocycles. The van der Waals surface area contributed by atoms with Gasteiger partial charge in [0.05, 0.1) is 6.54 Å². The van der Waals surface area contributed by atoms with E-state index in [4.69, 9.17) is 0 Å². The molecule has 0 saturated carbocycles. The molecule has 1 N–H and O–H groups in total. The van der Waals surface area contributed by atoms with Gasteiger partial charge in [-0.05, 0) is 11.8 Å². The molecule has 0 fully saturated rings. The Labute approximate surface area is 121 Å². The molecule has 0 unspecified atom stereocenters. The first kappa shape index (κ1) is 17.1. The molecule has 0 radical (unpaired) electrons. The van der Waals surface area contributed by atoms with Crippen molar-refractivity contribution in [3.8, 4) is 0 Å². The molecule has 0 aliphatic heterocycles. The van der Waals surface area contributed by atoms with Gasteiger partial charge in [-0.1, -0.05) is 70.4 Å². The van der Waals surface area contributed by atoms with Crippen LogP contribution in [-0.2, 0) is 5.92 Å². The lowest BCUT2D eigenvalue weighted by Crippen LogP contribution is -2.36. The summed E-state index contributed by atoms with van der Waals surface area (Å²) in [5.74, 6) is -2.80. The summed E-state index contributed by atoms with van der Waals surface area (Å²) in [4.78, 5) is 0. The molecule has 3 heteroatoms. The first-order valence-electron chi connectivity index (χ1n) is 7.51. The minimum absolute atomic E-state index is 0.0714. The van der Waals surface area contributed by atoms with Gasteiger partial charge < -0.3 is 5.32 Å². The Balaban J connectivity index is 2.39. The molecule has 0 heterocycles. The second kappa shape index (κ2) is 7.72. The summed E-state index contributed by atoms with van der Waals surface area (Å²) in [6, 6.07) is 8.02. The average molecular weight is 283 g/mol. The van der Waals surface area contributed by atoms with Gasteiger partial charge in [-0.2, -0.15) is 8.78 Å². The number of halogens is 2. The molecule has 0 bridgehead atoms. The molecule has 1 aromatic carbocycles. The van der Waals surface area contributed by atoms with Crippen LogP contribution in [0.15, 0.2) is 30.3 Å². The molecular weight excluding hydrogens is 256 g/mol. The van der Waals surface area contributed by atoms with Gasteiger partial charge in [-0.15, -0.1) is 0 Å². The molecule has 0 spiro atoms. The second-order valence-electron chi connectivity index (χ2n) is 6.30. The lowest BCUT2D eigenvalue weighted by molar-refractivity contribution is -0.00510. The second-order valence-corrected chi connectivity index (χ2v) is 6.30. The smallest absolute Gasteiger partial charge is 0.285 e. The van der Waals surface area contributed by atoms with Crippen molar-refractivity contribution in [1.29, 1.82) is 0 Å². The molecule has 0 saturated heterocycles. The van der Waals surface area contributed by atoms with Crippen LogP contribution in [0.25, 0.3) is 0 Å². The van der Waals surface area contributed by atoms with E-state index in [0.717, 1.165) is 6.42 Å². The van der Waals surface area contributed by atoms with Gasteiger partial charge in [0.15, 0.2) is 0 Å². The van der Waals surface area contributed by atoms with Gasteiger partial charge in [-0.3, -0.25) is 0 Å². The highest BCUT2D eigenvalue weighted by Gasteiger charge is 2.31. The molecule has 114 valence electrons. The van der Waals surface area contributed by atoms with Crippen molar-refractivity contribution in [3.05, 3.63) is 35.9 Å². The highest BCUT2D eigenvalue weighted by atomic mass is 19.3. The van der Waals surface area contributed by atoms with E-state index >= 15 is 0 Å². The number of benzene rings is 1. The quantitative estimate of drug-likeness (QED) is 0.631. The van der Waals surface area contributed by atoms with Crippen molar-refractivity contribution in [2.75, 3.05) is 13.1 Å². The van der Waals surface area contributed by atoms with E-state index < -0.39 is 5.92 Å². The molecule has 0 aliphatic rings. The normalized spacial score (nSPS) is 12.7. The highest BCUT2D eigenvalue weighted by molar-refractivity contribution is 5.20. The predicted molar refractivity (Wildman–Crippen MR) is 81.1 cm³/mol. The zero-order valence-electron chi connectivity index (χ0n) is 12.9. The first-order valence-corrected chi connectivity index (χ1v) is 7.51. The number of unbranched alkanes of at least 4 members (excludes halogenated alkanes) is 2. The Morgan fingerprint density at radius 1 is 1.00 bits per heavy atom. The van der Waals surface area contributed by atoms with Gasteiger partial charge in [0.1, 0.15) is 0 Å². The van der Waals surface area contributed by atoms with Crippen LogP contribution in [0, 0.1) is 5.41 Å². The van der Waals surface area contributed by atoms with Crippen molar-refractivity contribution in [2.45, 2.75) is 52.4 Å². The van der Waals surface area contributed by atoms with E-state index in [-0.39, 0.29) is 17.5 Å². The van der Waals surface area contributed by atoms with E-state index in [1.807, 2.05) is 0 Å². The maximum atomic E-state index is 14.0. The maximum absolute atomic E-state index is 14.0. The number of rotatable bonds is 9. The molecule has 1 nitrogen and oxygen atoms in total. The third kappa shape index (κ3) is 6.00. The van der Waals surface area contributed by atoms with Gasteiger partial charge in [-0.25, -0.2) is 0 Å². The Bertz CT molecular complexity index is 374. The fourth-order valence-corrected chi connectivity index (χ4v) is 2.28. The molecule has 1 aromatic rings. The highest BCUT2D eigenvalue weighted by Crippen LogP contribution is 2.28. The fourth-order valence-electron chi connectivity index (χ4n) is 2.28. The predicted octanol–water partition coefficient (Wildman–Crippen LogP) is 4.97. The monoisotopic (exact) mass is 283 g/mol. The lowest BCUT2D eigenvalue weighted by atomic mass is 9.87. The summed E-state index contributed by atoms with van der Waals surface area (Å²) in [5.41, 5.74) is 0.151. The standard InChI is InChI=1S/C17H27F2N/c1-4-5-9-12-16(2,3)13-20-14-17(18,19)15-10-7-6-8-11-15/h6-8,10-11,20H,4-5,9,12-14H2,1-3H3. The zero-order valence-corrected chi connectivity index (χ0v) is 12.9. The van der Waals surface area contributed by atoms with Crippen molar-refractivity contribution < 1.29 is 8.78 Å². The summed E-state index contributed by atoms with van der Waals surface area (Å²) in [6.07, 6.45) is 4.64. The van der Waals surface area contributed by atoms with Crippen molar-refractivity contribution >= 4 is 0 Å². The van der Waals surface area contributed by atoms with Crippen LogP contribution in [0.2, 0.25) is 0 Å². The van der Waals surface area contributed by atoms with Gasteiger partial charge >= 0.3 is 0 Å².